The first kappa shape index (κ1) is 12.6. The zero-order valence-corrected chi connectivity index (χ0v) is 10.6. The molecule has 1 saturated carbocycles. The van der Waals surface area contributed by atoms with E-state index in [4.69, 9.17) is 15.2 Å². The van der Waals surface area contributed by atoms with Gasteiger partial charge >= 0.3 is 0 Å². The van der Waals surface area contributed by atoms with Crippen LogP contribution in [0.5, 0.6) is 0 Å². The summed E-state index contributed by atoms with van der Waals surface area (Å²) in [4.78, 5) is 0. The minimum absolute atomic E-state index is 0.202. The van der Waals surface area contributed by atoms with Gasteiger partial charge in [0.1, 0.15) is 0 Å². The van der Waals surface area contributed by atoms with Crippen LogP contribution in [-0.2, 0) is 15.0 Å². The van der Waals surface area contributed by atoms with E-state index in [0.717, 1.165) is 18.4 Å². The smallest absolute Gasteiger partial charge is 0.183 e. The standard InChI is InChI=1S/C14H21NO2/c1-16-13(17-2)11-7-3-4-8-12(11)14(15)9-5-6-10-14/h3-4,7-8,13H,5-6,9-10,15H2,1-2H3. The van der Waals surface area contributed by atoms with Gasteiger partial charge in [-0.25, -0.2) is 0 Å². The lowest BCUT2D eigenvalue weighted by Crippen LogP contribution is -2.34. The SMILES string of the molecule is COC(OC)c1ccccc1C1(N)CCCC1. The van der Waals surface area contributed by atoms with E-state index in [1.807, 2.05) is 18.2 Å². The predicted octanol–water partition coefficient (Wildman–Crippen LogP) is 2.71. The molecule has 1 aromatic carbocycles. The Morgan fingerprint density at radius 2 is 1.71 bits per heavy atom. The van der Waals surface area contributed by atoms with Gasteiger partial charge in [-0.05, 0) is 18.4 Å². The van der Waals surface area contributed by atoms with Crippen molar-refractivity contribution in [3.8, 4) is 0 Å². The van der Waals surface area contributed by atoms with Crippen LogP contribution in [0.4, 0.5) is 0 Å². The van der Waals surface area contributed by atoms with Gasteiger partial charge in [0.25, 0.3) is 0 Å². The summed E-state index contributed by atoms with van der Waals surface area (Å²) in [6.45, 7) is 0. The van der Waals surface area contributed by atoms with E-state index in [0.29, 0.717) is 0 Å². The molecule has 3 heteroatoms. The Bertz CT molecular complexity index is 368. The average Bonchev–Trinajstić information content (AvgIpc) is 2.80. The van der Waals surface area contributed by atoms with Crippen LogP contribution in [0.15, 0.2) is 24.3 Å². The summed E-state index contributed by atoms with van der Waals surface area (Å²) in [6.07, 6.45) is 4.17. The van der Waals surface area contributed by atoms with Crippen molar-refractivity contribution < 1.29 is 9.47 Å². The lowest BCUT2D eigenvalue weighted by Gasteiger charge is -2.29. The second kappa shape index (κ2) is 5.17. The largest absolute Gasteiger partial charge is 0.352 e. The molecule has 1 aliphatic carbocycles. The summed E-state index contributed by atoms with van der Waals surface area (Å²) < 4.78 is 10.7. The van der Waals surface area contributed by atoms with Crippen molar-refractivity contribution in [3.63, 3.8) is 0 Å². The molecule has 0 amide bonds. The maximum Gasteiger partial charge on any atom is 0.183 e. The third-order valence-electron chi connectivity index (χ3n) is 3.68. The highest BCUT2D eigenvalue weighted by molar-refractivity contribution is 5.35. The number of methoxy groups -OCH3 is 2. The summed E-state index contributed by atoms with van der Waals surface area (Å²) in [6, 6.07) is 8.18. The second-order valence-corrected chi connectivity index (χ2v) is 4.75. The first-order valence-electron chi connectivity index (χ1n) is 6.15. The zero-order valence-electron chi connectivity index (χ0n) is 10.6. The number of ether oxygens (including phenoxy) is 2. The molecular formula is C14H21NO2. The fraction of sp³-hybridized carbons (Fsp3) is 0.571. The molecule has 2 N–H and O–H groups in total. The quantitative estimate of drug-likeness (QED) is 0.816. The Labute approximate surface area is 103 Å². The molecule has 0 radical (unpaired) electrons. The Hall–Kier alpha value is -0.900. The fourth-order valence-electron chi connectivity index (χ4n) is 2.78. The number of hydrogen-bond acceptors (Lipinski definition) is 3. The van der Waals surface area contributed by atoms with E-state index in [1.165, 1.54) is 18.4 Å². The third-order valence-corrected chi connectivity index (χ3v) is 3.68. The van der Waals surface area contributed by atoms with Crippen LogP contribution in [0, 0.1) is 0 Å². The third kappa shape index (κ3) is 2.37. The minimum atomic E-state index is -0.327. The maximum atomic E-state index is 6.52. The number of rotatable bonds is 4. The normalized spacial score (nSPS) is 18.8. The van der Waals surface area contributed by atoms with Crippen molar-refractivity contribution in [1.29, 1.82) is 0 Å². The van der Waals surface area contributed by atoms with Crippen molar-refractivity contribution in [2.24, 2.45) is 5.73 Å². The molecule has 3 nitrogen and oxygen atoms in total. The van der Waals surface area contributed by atoms with Gasteiger partial charge in [-0.1, -0.05) is 37.1 Å². The molecule has 17 heavy (non-hydrogen) atoms. The summed E-state index contributed by atoms with van der Waals surface area (Å²) in [5.74, 6) is 0. The maximum absolute atomic E-state index is 6.52. The predicted molar refractivity (Wildman–Crippen MR) is 67.5 cm³/mol. The molecule has 0 saturated heterocycles. The minimum Gasteiger partial charge on any atom is -0.352 e. The number of hydrogen-bond donors (Lipinski definition) is 1. The molecule has 0 heterocycles. The van der Waals surface area contributed by atoms with Crippen molar-refractivity contribution in [1.82, 2.24) is 0 Å². The van der Waals surface area contributed by atoms with Crippen molar-refractivity contribution in [2.75, 3.05) is 14.2 Å². The van der Waals surface area contributed by atoms with Gasteiger partial charge in [0.05, 0.1) is 0 Å². The van der Waals surface area contributed by atoms with Crippen LogP contribution in [0.2, 0.25) is 0 Å². The molecule has 94 valence electrons. The topological polar surface area (TPSA) is 44.5 Å². The van der Waals surface area contributed by atoms with Gasteiger partial charge in [-0.15, -0.1) is 0 Å². The average molecular weight is 235 g/mol. The molecule has 1 aliphatic rings. The van der Waals surface area contributed by atoms with Crippen LogP contribution in [0.1, 0.15) is 43.1 Å². The molecular weight excluding hydrogens is 214 g/mol. The highest BCUT2D eigenvalue weighted by atomic mass is 16.7. The van der Waals surface area contributed by atoms with E-state index in [1.54, 1.807) is 14.2 Å². The Kier molecular flexibility index (Phi) is 3.82. The first-order valence-corrected chi connectivity index (χ1v) is 6.15. The summed E-state index contributed by atoms with van der Waals surface area (Å²) >= 11 is 0. The van der Waals surface area contributed by atoms with Gasteiger partial charge in [-0.2, -0.15) is 0 Å². The van der Waals surface area contributed by atoms with E-state index in [-0.39, 0.29) is 11.8 Å². The first-order chi connectivity index (χ1) is 8.21. The van der Waals surface area contributed by atoms with Crippen LogP contribution >= 0.6 is 0 Å². The molecule has 0 unspecified atom stereocenters. The van der Waals surface area contributed by atoms with E-state index in [9.17, 15) is 0 Å². The van der Waals surface area contributed by atoms with Gasteiger partial charge in [-0.3, -0.25) is 0 Å². The second-order valence-electron chi connectivity index (χ2n) is 4.75. The molecule has 0 bridgehead atoms. The van der Waals surface area contributed by atoms with Crippen LogP contribution < -0.4 is 5.73 Å². The molecule has 0 aromatic heterocycles. The summed E-state index contributed by atoms with van der Waals surface area (Å²) in [7, 11) is 3.31. The van der Waals surface area contributed by atoms with Crippen LogP contribution in [0.25, 0.3) is 0 Å². The summed E-state index contributed by atoms with van der Waals surface area (Å²) in [5, 5.41) is 0. The molecule has 1 fully saturated rings. The van der Waals surface area contributed by atoms with Gasteiger partial charge in [0.15, 0.2) is 6.29 Å². The number of nitrogens with two attached hydrogens (primary N) is 1. The van der Waals surface area contributed by atoms with Crippen molar-refractivity contribution >= 4 is 0 Å². The lowest BCUT2D eigenvalue weighted by molar-refractivity contribution is -0.106. The Morgan fingerprint density at radius 1 is 1.12 bits per heavy atom. The van der Waals surface area contributed by atoms with Gasteiger partial charge in [0.2, 0.25) is 0 Å². The van der Waals surface area contributed by atoms with Crippen LogP contribution in [0.3, 0.4) is 0 Å². The van der Waals surface area contributed by atoms with E-state index >= 15 is 0 Å². The molecule has 2 rings (SSSR count). The Balaban J connectivity index is 2.39. The highest BCUT2D eigenvalue weighted by Gasteiger charge is 2.34. The highest BCUT2D eigenvalue weighted by Crippen LogP contribution is 2.39. The summed E-state index contributed by atoms with van der Waals surface area (Å²) in [5.41, 5.74) is 8.54. The van der Waals surface area contributed by atoms with E-state index < -0.39 is 0 Å². The van der Waals surface area contributed by atoms with E-state index in [2.05, 4.69) is 6.07 Å². The van der Waals surface area contributed by atoms with Crippen LogP contribution in [-0.4, -0.2) is 14.2 Å². The lowest BCUT2D eigenvalue weighted by atomic mass is 9.85. The van der Waals surface area contributed by atoms with Gasteiger partial charge in [0, 0.05) is 25.3 Å². The molecule has 0 aliphatic heterocycles. The number of benzene rings is 1. The molecule has 1 aromatic rings. The monoisotopic (exact) mass is 235 g/mol. The zero-order chi connectivity index (χ0) is 12.3. The molecule has 0 spiro atoms. The molecule has 0 atom stereocenters. The van der Waals surface area contributed by atoms with Gasteiger partial charge < -0.3 is 15.2 Å². The fourth-order valence-corrected chi connectivity index (χ4v) is 2.78. The van der Waals surface area contributed by atoms with Crippen molar-refractivity contribution in [2.45, 2.75) is 37.5 Å². The van der Waals surface area contributed by atoms with Crippen molar-refractivity contribution in [3.05, 3.63) is 35.4 Å². The Morgan fingerprint density at radius 3 is 2.29 bits per heavy atom.